The maximum Gasteiger partial charge on any atom is 0.263 e. The molecule has 0 spiro atoms. The number of rotatable bonds is 2. The monoisotopic (exact) mass is 467 g/mol. The fourth-order valence-electron chi connectivity index (χ4n) is 4.50. The normalized spacial score (nSPS) is 15.9. The number of pyridine rings is 1. The molecule has 4 aromatic rings. The summed E-state index contributed by atoms with van der Waals surface area (Å²) >= 11 is 12.8. The van der Waals surface area contributed by atoms with Crippen molar-refractivity contribution in [2.24, 2.45) is 0 Å². The second-order valence-electron chi connectivity index (χ2n) is 8.02. The highest BCUT2D eigenvalue weighted by Gasteiger charge is 2.33. The number of carbonyl (C=O) groups excluding carboxylic acids is 1. The number of halogens is 2. The number of aromatic amines is 1. The first-order valence-electron chi connectivity index (χ1n) is 10.3. The molecule has 0 aliphatic carbocycles. The van der Waals surface area contributed by atoms with Crippen molar-refractivity contribution in [3.05, 3.63) is 58.1 Å². The minimum absolute atomic E-state index is 0.186. The number of para-hydroxylation sites is 1. The maximum atomic E-state index is 13.4. The molecule has 0 unspecified atom stereocenters. The number of hydrogen-bond donors (Lipinski definition) is 2. The van der Waals surface area contributed by atoms with E-state index in [9.17, 15) is 4.79 Å². The lowest BCUT2D eigenvalue weighted by Gasteiger charge is -2.36. The van der Waals surface area contributed by atoms with E-state index in [1.165, 1.54) is 0 Å². The molecule has 0 radical (unpaired) electrons. The lowest BCUT2D eigenvalue weighted by atomic mass is 10.1. The van der Waals surface area contributed by atoms with E-state index >= 15 is 0 Å². The molecule has 162 valence electrons. The molecule has 0 saturated heterocycles. The van der Waals surface area contributed by atoms with Gasteiger partial charge in [-0.3, -0.25) is 9.69 Å². The van der Waals surface area contributed by atoms with Gasteiger partial charge in [0.1, 0.15) is 17.2 Å². The highest BCUT2D eigenvalue weighted by Crippen LogP contribution is 2.40. The van der Waals surface area contributed by atoms with E-state index in [-0.39, 0.29) is 5.91 Å². The van der Waals surface area contributed by atoms with Gasteiger partial charge < -0.3 is 19.8 Å². The van der Waals surface area contributed by atoms with Gasteiger partial charge in [0.15, 0.2) is 0 Å². The summed E-state index contributed by atoms with van der Waals surface area (Å²) in [4.78, 5) is 29.7. The SMILES string of the molecule is CN1CN(c2c(Cl)cccc2Cl)C(=O)c2cnc3[nH]c(-c4cn5c(n4)CNCC5)cc3c21. The fourth-order valence-corrected chi connectivity index (χ4v) is 5.10. The standard InChI is InChI=1S/C22H19Cl2N7O/c1-29-11-31(20-14(23)3-2-4-15(20)24)22(32)13-8-26-21-12(19(13)29)7-16(28-21)17-10-30-6-5-25-9-18(30)27-17/h2-4,7-8,10,25H,5-6,9,11H2,1H3,(H,26,28). The summed E-state index contributed by atoms with van der Waals surface area (Å²) < 4.78 is 2.17. The summed E-state index contributed by atoms with van der Waals surface area (Å²) in [6, 6.07) is 7.23. The Kier molecular flexibility index (Phi) is 4.43. The van der Waals surface area contributed by atoms with Crippen LogP contribution in [0.25, 0.3) is 22.4 Å². The smallest absolute Gasteiger partial charge is 0.263 e. The van der Waals surface area contributed by atoms with Crippen LogP contribution in [0.4, 0.5) is 11.4 Å². The molecule has 2 aliphatic heterocycles. The topological polar surface area (TPSA) is 82.1 Å². The van der Waals surface area contributed by atoms with Crippen LogP contribution >= 0.6 is 23.2 Å². The van der Waals surface area contributed by atoms with Crippen LogP contribution in [-0.2, 0) is 13.1 Å². The molecule has 0 atom stereocenters. The highest BCUT2D eigenvalue weighted by atomic mass is 35.5. The molecule has 2 N–H and O–H groups in total. The zero-order valence-electron chi connectivity index (χ0n) is 17.2. The van der Waals surface area contributed by atoms with E-state index in [0.29, 0.717) is 33.6 Å². The number of H-pyrrole nitrogens is 1. The third-order valence-corrected chi connectivity index (χ3v) is 6.61. The van der Waals surface area contributed by atoms with Gasteiger partial charge in [-0.05, 0) is 18.2 Å². The summed E-state index contributed by atoms with van der Waals surface area (Å²) in [5.41, 5.74) is 4.29. The van der Waals surface area contributed by atoms with Crippen LogP contribution in [0, 0.1) is 0 Å². The Bertz CT molecular complexity index is 1350. The molecular formula is C22H19Cl2N7O. The number of nitrogens with zero attached hydrogens (tertiary/aromatic N) is 5. The molecule has 10 heteroatoms. The van der Waals surface area contributed by atoms with Crippen molar-refractivity contribution in [3.8, 4) is 11.4 Å². The Morgan fingerprint density at radius 1 is 1.16 bits per heavy atom. The molecule has 5 heterocycles. The van der Waals surface area contributed by atoms with E-state index in [1.54, 1.807) is 29.3 Å². The first-order chi connectivity index (χ1) is 15.5. The predicted molar refractivity (Wildman–Crippen MR) is 126 cm³/mol. The number of imidazole rings is 1. The van der Waals surface area contributed by atoms with Crippen LogP contribution in [0.15, 0.2) is 36.7 Å². The summed E-state index contributed by atoms with van der Waals surface area (Å²) in [6.45, 7) is 2.90. The molecule has 1 amide bonds. The van der Waals surface area contributed by atoms with Gasteiger partial charge in [0.25, 0.3) is 5.91 Å². The Balaban J connectivity index is 1.45. The van der Waals surface area contributed by atoms with E-state index in [0.717, 1.165) is 47.9 Å². The third-order valence-electron chi connectivity index (χ3n) is 6.00. The average molecular weight is 468 g/mol. The van der Waals surface area contributed by atoms with Crippen molar-refractivity contribution < 1.29 is 4.79 Å². The summed E-state index contributed by atoms with van der Waals surface area (Å²) in [7, 11) is 1.94. The van der Waals surface area contributed by atoms with Crippen molar-refractivity contribution in [1.29, 1.82) is 0 Å². The summed E-state index contributed by atoms with van der Waals surface area (Å²) in [5, 5.41) is 5.07. The molecule has 3 aromatic heterocycles. The van der Waals surface area contributed by atoms with Gasteiger partial charge >= 0.3 is 0 Å². The third kappa shape index (κ3) is 2.91. The number of hydrogen-bond acceptors (Lipinski definition) is 5. The molecule has 0 saturated carbocycles. The Hall–Kier alpha value is -3.07. The van der Waals surface area contributed by atoms with Crippen molar-refractivity contribution in [3.63, 3.8) is 0 Å². The Labute approximate surface area is 193 Å². The van der Waals surface area contributed by atoms with E-state index in [4.69, 9.17) is 28.2 Å². The van der Waals surface area contributed by atoms with Crippen LogP contribution in [0.2, 0.25) is 10.0 Å². The number of aromatic nitrogens is 4. The van der Waals surface area contributed by atoms with Gasteiger partial charge in [0.05, 0.1) is 45.9 Å². The molecule has 6 rings (SSSR count). The van der Waals surface area contributed by atoms with Crippen LogP contribution < -0.4 is 15.1 Å². The van der Waals surface area contributed by atoms with Crippen molar-refractivity contribution in [1.82, 2.24) is 24.8 Å². The van der Waals surface area contributed by atoms with Crippen LogP contribution in [0.3, 0.4) is 0 Å². The number of amides is 1. The van der Waals surface area contributed by atoms with E-state index in [1.807, 2.05) is 18.0 Å². The number of anilines is 2. The number of fused-ring (bicyclic) bond motifs is 4. The minimum atomic E-state index is -0.186. The molecule has 0 bridgehead atoms. The fraction of sp³-hybridized carbons (Fsp3) is 0.227. The van der Waals surface area contributed by atoms with Crippen molar-refractivity contribution in [2.45, 2.75) is 13.1 Å². The second kappa shape index (κ2) is 7.23. The largest absolute Gasteiger partial charge is 0.355 e. The lowest BCUT2D eigenvalue weighted by molar-refractivity contribution is 0.0982. The van der Waals surface area contributed by atoms with Gasteiger partial charge in [0.2, 0.25) is 0 Å². The van der Waals surface area contributed by atoms with Gasteiger partial charge in [-0.2, -0.15) is 0 Å². The molecular weight excluding hydrogens is 449 g/mol. The molecule has 8 nitrogen and oxygen atoms in total. The quantitative estimate of drug-likeness (QED) is 0.467. The molecule has 32 heavy (non-hydrogen) atoms. The summed E-state index contributed by atoms with van der Waals surface area (Å²) in [5.74, 6) is 0.827. The van der Waals surface area contributed by atoms with Gasteiger partial charge in [0, 0.05) is 37.9 Å². The Morgan fingerprint density at radius 2 is 1.97 bits per heavy atom. The number of nitrogens with one attached hydrogen (secondary N) is 2. The van der Waals surface area contributed by atoms with E-state index < -0.39 is 0 Å². The lowest BCUT2D eigenvalue weighted by Crippen LogP contribution is -2.45. The van der Waals surface area contributed by atoms with Crippen LogP contribution in [-0.4, -0.2) is 45.7 Å². The van der Waals surface area contributed by atoms with Crippen LogP contribution in [0.1, 0.15) is 16.2 Å². The van der Waals surface area contributed by atoms with E-state index in [2.05, 4.69) is 26.0 Å². The summed E-state index contributed by atoms with van der Waals surface area (Å²) in [6.07, 6.45) is 3.67. The van der Waals surface area contributed by atoms with Crippen LogP contribution in [0.5, 0.6) is 0 Å². The zero-order valence-corrected chi connectivity index (χ0v) is 18.7. The first kappa shape index (κ1) is 19.6. The second-order valence-corrected chi connectivity index (χ2v) is 8.84. The van der Waals surface area contributed by atoms with Gasteiger partial charge in [-0.1, -0.05) is 29.3 Å². The highest BCUT2D eigenvalue weighted by molar-refractivity contribution is 6.40. The van der Waals surface area contributed by atoms with Crippen molar-refractivity contribution in [2.75, 3.05) is 30.1 Å². The van der Waals surface area contributed by atoms with Crippen molar-refractivity contribution >= 4 is 51.5 Å². The Morgan fingerprint density at radius 3 is 2.75 bits per heavy atom. The molecule has 1 aromatic carbocycles. The molecule has 0 fully saturated rings. The van der Waals surface area contributed by atoms with Gasteiger partial charge in [-0.25, -0.2) is 9.97 Å². The van der Waals surface area contributed by atoms with Gasteiger partial charge in [-0.15, -0.1) is 0 Å². The minimum Gasteiger partial charge on any atom is -0.355 e. The predicted octanol–water partition coefficient (Wildman–Crippen LogP) is 3.89. The molecule has 2 aliphatic rings. The number of benzene rings is 1. The maximum absolute atomic E-state index is 13.4. The zero-order chi connectivity index (χ0) is 22.0. The number of carbonyl (C=O) groups is 1. The average Bonchev–Trinajstić information content (AvgIpc) is 3.40. The first-order valence-corrected chi connectivity index (χ1v) is 11.0.